The number of nitrogens with zero attached hydrogens (tertiary/aromatic N) is 1. The largest absolute Gasteiger partial charge is 0.396 e. The zero-order chi connectivity index (χ0) is 12.0. The van der Waals surface area contributed by atoms with Crippen LogP contribution in [0.15, 0.2) is 18.3 Å². The molecular formula is C12H20N2O2. The lowest BCUT2D eigenvalue weighted by Crippen LogP contribution is -2.33. The van der Waals surface area contributed by atoms with Crippen LogP contribution in [0.3, 0.4) is 0 Å². The molecule has 0 aliphatic carbocycles. The monoisotopic (exact) mass is 224 g/mol. The molecule has 1 heterocycles. The third-order valence-corrected chi connectivity index (χ3v) is 2.58. The third kappa shape index (κ3) is 3.38. The second kappa shape index (κ2) is 6.33. The highest BCUT2D eigenvalue weighted by molar-refractivity contribution is 5.92. The Morgan fingerprint density at radius 1 is 1.62 bits per heavy atom. The second-order valence-electron chi connectivity index (χ2n) is 3.92. The van der Waals surface area contributed by atoms with Gasteiger partial charge < -0.3 is 15.0 Å². The van der Waals surface area contributed by atoms with E-state index in [2.05, 4.69) is 5.32 Å². The van der Waals surface area contributed by atoms with Crippen LogP contribution in [-0.4, -0.2) is 28.2 Å². The highest BCUT2D eigenvalue weighted by Gasteiger charge is 2.12. The maximum atomic E-state index is 11.9. The molecule has 0 saturated carbocycles. The molecule has 0 radical (unpaired) electrons. The molecule has 4 nitrogen and oxygen atoms in total. The smallest absolute Gasteiger partial charge is 0.268 e. The van der Waals surface area contributed by atoms with Crippen molar-refractivity contribution < 1.29 is 9.90 Å². The molecule has 0 aliphatic rings. The quantitative estimate of drug-likeness (QED) is 0.767. The minimum Gasteiger partial charge on any atom is -0.396 e. The first-order valence-electron chi connectivity index (χ1n) is 5.76. The summed E-state index contributed by atoms with van der Waals surface area (Å²) < 4.78 is 1.91. The number of hydrogen-bond acceptors (Lipinski definition) is 2. The molecule has 4 heteroatoms. The number of aryl methyl sites for hydroxylation is 1. The van der Waals surface area contributed by atoms with Crippen LogP contribution in [0.4, 0.5) is 0 Å². The third-order valence-electron chi connectivity index (χ3n) is 2.58. The van der Waals surface area contributed by atoms with E-state index in [1.165, 1.54) is 0 Å². The SMILES string of the molecule is CCn1cccc1C(=O)NC(C)CCCO. The minimum atomic E-state index is -0.0442. The van der Waals surface area contributed by atoms with E-state index in [0.29, 0.717) is 5.69 Å². The van der Waals surface area contributed by atoms with Gasteiger partial charge in [-0.15, -0.1) is 0 Å². The molecule has 16 heavy (non-hydrogen) atoms. The summed E-state index contributed by atoms with van der Waals surface area (Å²) in [6.45, 7) is 4.92. The molecule has 0 bridgehead atoms. The Morgan fingerprint density at radius 3 is 3.00 bits per heavy atom. The zero-order valence-corrected chi connectivity index (χ0v) is 9.94. The van der Waals surface area contributed by atoms with Crippen molar-refractivity contribution in [2.24, 2.45) is 0 Å². The summed E-state index contributed by atoms with van der Waals surface area (Å²) >= 11 is 0. The van der Waals surface area contributed by atoms with Crippen LogP contribution in [0, 0.1) is 0 Å². The summed E-state index contributed by atoms with van der Waals surface area (Å²) in [4.78, 5) is 11.9. The summed E-state index contributed by atoms with van der Waals surface area (Å²) in [6.07, 6.45) is 3.42. The van der Waals surface area contributed by atoms with Crippen molar-refractivity contribution in [2.75, 3.05) is 6.61 Å². The van der Waals surface area contributed by atoms with Crippen molar-refractivity contribution in [1.82, 2.24) is 9.88 Å². The Hall–Kier alpha value is -1.29. The molecule has 1 aromatic rings. The van der Waals surface area contributed by atoms with Crippen molar-refractivity contribution in [3.63, 3.8) is 0 Å². The number of carbonyl (C=O) groups is 1. The number of aliphatic hydroxyl groups is 1. The van der Waals surface area contributed by atoms with Crippen molar-refractivity contribution in [3.8, 4) is 0 Å². The molecular weight excluding hydrogens is 204 g/mol. The Bertz CT molecular complexity index is 334. The minimum absolute atomic E-state index is 0.0442. The van der Waals surface area contributed by atoms with Gasteiger partial charge in [-0.3, -0.25) is 4.79 Å². The van der Waals surface area contributed by atoms with Gasteiger partial charge in [-0.05, 0) is 38.8 Å². The lowest BCUT2D eigenvalue weighted by atomic mass is 10.2. The number of hydrogen-bond donors (Lipinski definition) is 2. The van der Waals surface area contributed by atoms with Crippen LogP contribution in [-0.2, 0) is 6.54 Å². The highest BCUT2D eigenvalue weighted by Crippen LogP contribution is 2.04. The normalized spacial score (nSPS) is 12.4. The maximum absolute atomic E-state index is 11.9. The molecule has 0 aliphatic heterocycles. The number of carbonyl (C=O) groups excluding carboxylic acids is 1. The topological polar surface area (TPSA) is 54.3 Å². The lowest BCUT2D eigenvalue weighted by molar-refractivity contribution is 0.0927. The summed E-state index contributed by atoms with van der Waals surface area (Å²) in [7, 11) is 0. The van der Waals surface area contributed by atoms with Crippen LogP contribution in [0.1, 0.15) is 37.2 Å². The summed E-state index contributed by atoms with van der Waals surface area (Å²) in [5.74, 6) is -0.0442. The standard InChI is InChI=1S/C12H20N2O2/c1-3-14-8-4-7-11(14)12(16)13-10(2)6-5-9-15/h4,7-8,10,15H,3,5-6,9H2,1-2H3,(H,13,16). The van der Waals surface area contributed by atoms with Gasteiger partial charge in [-0.25, -0.2) is 0 Å². The maximum Gasteiger partial charge on any atom is 0.268 e. The van der Waals surface area contributed by atoms with Gasteiger partial charge in [0.15, 0.2) is 0 Å². The number of aromatic nitrogens is 1. The number of rotatable bonds is 6. The number of nitrogens with one attached hydrogen (secondary N) is 1. The average molecular weight is 224 g/mol. The molecule has 0 fully saturated rings. The molecule has 0 saturated heterocycles. The first-order chi connectivity index (χ1) is 7.69. The molecule has 2 N–H and O–H groups in total. The fourth-order valence-electron chi connectivity index (χ4n) is 1.66. The Labute approximate surface area is 96.3 Å². The van der Waals surface area contributed by atoms with Crippen LogP contribution < -0.4 is 5.32 Å². The summed E-state index contributed by atoms with van der Waals surface area (Å²) in [6, 6.07) is 3.79. The van der Waals surface area contributed by atoms with E-state index < -0.39 is 0 Å². The van der Waals surface area contributed by atoms with E-state index in [-0.39, 0.29) is 18.6 Å². The Kier molecular flexibility index (Phi) is 5.05. The average Bonchev–Trinajstić information content (AvgIpc) is 2.74. The van der Waals surface area contributed by atoms with E-state index >= 15 is 0 Å². The first kappa shape index (κ1) is 12.8. The zero-order valence-electron chi connectivity index (χ0n) is 9.94. The second-order valence-corrected chi connectivity index (χ2v) is 3.92. The van der Waals surface area contributed by atoms with Gasteiger partial charge in [-0.2, -0.15) is 0 Å². The molecule has 1 unspecified atom stereocenters. The molecule has 0 spiro atoms. The van der Waals surface area contributed by atoms with Gasteiger partial charge in [-0.1, -0.05) is 0 Å². The van der Waals surface area contributed by atoms with Gasteiger partial charge >= 0.3 is 0 Å². The molecule has 1 rings (SSSR count). The summed E-state index contributed by atoms with van der Waals surface area (Å²) in [5, 5.41) is 11.6. The van der Waals surface area contributed by atoms with Gasteiger partial charge in [0.2, 0.25) is 0 Å². The Balaban J connectivity index is 2.52. The van der Waals surface area contributed by atoms with Crippen LogP contribution in [0.5, 0.6) is 0 Å². The van der Waals surface area contributed by atoms with Gasteiger partial charge in [0.25, 0.3) is 5.91 Å². The van der Waals surface area contributed by atoms with E-state index in [1.54, 1.807) is 0 Å². The van der Waals surface area contributed by atoms with E-state index in [4.69, 9.17) is 5.11 Å². The van der Waals surface area contributed by atoms with Crippen LogP contribution in [0.2, 0.25) is 0 Å². The fraction of sp³-hybridized carbons (Fsp3) is 0.583. The van der Waals surface area contributed by atoms with Crippen LogP contribution in [0.25, 0.3) is 0 Å². The van der Waals surface area contributed by atoms with Crippen molar-refractivity contribution in [3.05, 3.63) is 24.0 Å². The van der Waals surface area contributed by atoms with Gasteiger partial charge in [0.05, 0.1) is 0 Å². The van der Waals surface area contributed by atoms with E-state index in [0.717, 1.165) is 19.4 Å². The van der Waals surface area contributed by atoms with Crippen LogP contribution >= 0.6 is 0 Å². The molecule has 1 atom stereocenters. The predicted molar refractivity (Wildman–Crippen MR) is 63.4 cm³/mol. The van der Waals surface area contributed by atoms with Crippen molar-refractivity contribution >= 4 is 5.91 Å². The van der Waals surface area contributed by atoms with Gasteiger partial charge in [0.1, 0.15) is 5.69 Å². The number of amides is 1. The van der Waals surface area contributed by atoms with Gasteiger partial charge in [0, 0.05) is 25.4 Å². The molecule has 1 aromatic heterocycles. The number of aliphatic hydroxyl groups excluding tert-OH is 1. The molecule has 90 valence electrons. The molecule has 0 aromatic carbocycles. The summed E-state index contributed by atoms with van der Waals surface area (Å²) in [5.41, 5.74) is 0.693. The highest BCUT2D eigenvalue weighted by atomic mass is 16.2. The fourth-order valence-corrected chi connectivity index (χ4v) is 1.66. The first-order valence-corrected chi connectivity index (χ1v) is 5.76. The van der Waals surface area contributed by atoms with E-state index in [9.17, 15) is 4.79 Å². The predicted octanol–water partition coefficient (Wildman–Crippen LogP) is 1.40. The van der Waals surface area contributed by atoms with E-state index in [1.807, 2.05) is 36.7 Å². The molecule has 1 amide bonds. The lowest BCUT2D eigenvalue weighted by Gasteiger charge is -2.14. The Morgan fingerprint density at radius 2 is 2.38 bits per heavy atom. The van der Waals surface area contributed by atoms with Crippen molar-refractivity contribution in [1.29, 1.82) is 0 Å². The van der Waals surface area contributed by atoms with Crippen molar-refractivity contribution in [2.45, 2.75) is 39.3 Å².